The number of carbonyl (C=O) groups excluding carboxylic acids is 1. The minimum absolute atomic E-state index is 0.0881. The third-order valence-electron chi connectivity index (χ3n) is 1.91. The van der Waals surface area contributed by atoms with Crippen LogP contribution in [0.4, 0.5) is 0 Å². The number of nitrogens with one attached hydrogen (secondary N) is 1. The van der Waals surface area contributed by atoms with E-state index in [-0.39, 0.29) is 12.1 Å². The number of carbonyl (C=O) groups is 3. The molecule has 1 aliphatic heterocycles. The van der Waals surface area contributed by atoms with Crippen LogP contribution < -0.4 is 5.32 Å². The summed E-state index contributed by atoms with van der Waals surface area (Å²) in [7, 11) is 0. The lowest BCUT2D eigenvalue weighted by Crippen LogP contribution is -2.41. The number of allylic oxidation sites excluding steroid dienone is 2. The topological polar surface area (TPSA) is 104 Å². The number of carboxylic acid groups (broad SMARTS) is 2. The number of hydrogen-bond donors (Lipinski definition) is 3. The molecule has 0 aliphatic carbocycles. The quantitative estimate of drug-likeness (QED) is 0.430. The summed E-state index contributed by atoms with van der Waals surface area (Å²) >= 11 is 0. The Hall–Kier alpha value is -2.11. The summed E-state index contributed by atoms with van der Waals surface area (Å²) in [6, 6.07) is -1.01. The maximum atomic E-state index is 10.7. The molecule has 0 radical (unpaired) electrons. The molecule has 80 valence electrons. The molecule has 0 unspecified atom stereocenters. The second kappa shape index (κ2) is 4.41. The van der Waals surface area contributed by atoms with Crippen molar-refractivity contribution in [3.8, 4) is 0 Å². The molecule has 15 heavy (non-hydrogen) atoms. The van der Waals surface area contributed by atoms with Crippen molar-refractivity contribution >= 4 is 18.2 Å². The Morgan fingerprint density at radius 3 is 2.60 bits per heavy atom. The summed E-state index contributed by atoms with van der Waals surface area (Å²) in [4.78, 5) is 31.5. The maximum Gasteiger partial charge on any atom is 0.351 e. The fourth-order valence-corrected chi connectivity index (χ4v) is 1.24. The first-order valence-corrected chi connectivity index (χ1v) is 4.13. The largest absolute Gasteiger partial charge is 0.480 e. The molecule has 0 aromatic rings. The number of hydrogen-bond acceptors (Lipinski definition) is 4. The minimum atomic E-state index is -1.25. The van der Waals surface area contributed by atoms with Crippen LogP contribution in [0.15, 0.2) is 23.4 Å². The summed E-state index contributed by atoms with van der Waals surface area (Å²) < 4.78 is 0. The van der Waals surface area contributed by atoms with Gasteiger partial charge in [0.25, 0.3) is 0 Å². The Kier molecular flexibility index (Phi) is 3.22. The van der Waals surface area contributed by atoms with Gasteiger partial charge in [-0.15, -0.1) is 0 Å². The van der Waals surface area contributed by atoms with Crippen molar-refractivity contribution in [3.05, 3.63) is 23.4 Å². The highest BCUT2D eigenvalue weighted by Crippen LogP contribution is 2.16. The second-order valence-corrected chi connectivity index (χ2v) is 2.98. The van der Waals surface area contributed by atoms with Gasteiger partial charge in [-0.25, -0.2) is 9.59 Å². The molecular weight excluding hydrogens is 202 g/mol. The van der Waals surface area contributed by atoms with Crippen molar-refractivity contribution in [2.75, 3.05) is 0 Å². The van der Waals surface area contributed by atoms with Crippen LogP contribution in [0.5, 0.6) is 0 Å². The zero-order chi connectivity index (χ0) is 11.4. The molecule has 6 heteroatoms. The zero-order valence-electron chi connectivity index (χ0n) is 7.64. The Bertz CT molecular complexity index is 369. The Labute approximate surface area is 84.9 Å². The summed E-state index contributed by atoms with van der Waals surface area (Å²) in [5.41, 5.74) is 0.162. The van der Waals surface area contributed by atoms with Crippen LogP contribution in [-0.4, -0.2) is 34.5 Å². The van der Waals surface area contributed by atoms with Gasteiger partial charge in [-0.1, -0.05) is 0 Å². The molecule has 0 aromatic carbocycles. The van der Waals surface area contributed by atoms with Gasteiger partial charge in [0.05, 0.1) is 0 Å². The van der Waals surface area contributed by atoms with Crippen molar-refractivity contribution in [1.29, 1.82) is 0 Å². The van der Waals surface area contributed by atoms with Crippen LogP contribution in [0.1, 0.15) is 6.42 Å². The van der Waals surface area contributed by atoms with Gasteiger partial charge in [-0.2, -0.15) is 0 Å². The number of rotatable bonds is 3. The van der Waals surface area contributed by atoms with E-state index in [1.807, 2.05) is 0 Å². The first-order valence-electron chi connectivity index (χ1n) is 4.13. The first-order chi connectivity index (χ1) is 7.04. The van der Waals surface area contributed by atoms with Gasteiger partial charge in [0.15, 0.2) is 0 Å². The van der Waals surface area contributed by atoms with Gasteiger partial charge < -0.3 is 15.5 Å². The van der Waals surface area contributed by atoms with Crippen molar-refractivity contribution in [2.24, 2.45) is 0 Å². The molecule has 1 heterocycles. The van der Waals surface area contributed by atoms with E-state index in [0.717, 1.165) is 6.08 Å². The summed E-state index contributed by atoms with van der Waals surface area (Å²) in [5.74, 6) is -2.41. The first kappa shape index (κ1) is 11.0. The Morgan fingerprint density at radius 1 is 1.47 bits per heavy atom. The van der Waals surface area contributed by atoms with Crippen LogP contribution in [0.25, 0.3) is 0 Å². The average molecular weight is 211 g/mol. The maximum absolute atomic E-state index is 10.7. The Morgan fingerprint density at radius 2 is 2.13 bits per heavy atom. The fraction of sp³-hybridized carbons (Fsp3) is 0.222. The average Bonchev–Trinajstić information content (AvgIpc) is 2.17. The molecule has 1 aliphatic rings. The summed E-state index contributed by atoms with van der Waals surface area (Å²) in [6.45, 7) is 0. The van der Waals surface area contributed by atoms with Crippen molar-refractivity contribution in [3.63, 3.8) is 0 Å². The van der Waals surface area contributed by atoms with Gasteiger partial charge in [0.1, 0.15) is 18.0 Å². The van der Waals surface area contributed by atoms with Crippen LogP contribution >= 0.6 is 0 Å². The van der Waals surface area contributed by atoms with Crippen molar-refractivity contribution in [2.45, 2.75) is 12.5 Å². The van der Waals surface area contributed by atoms with E-state index in [2.05, 4.69) is 5.32 Å². The predicted octanol–water partition coefficient (Wildman–Crippen LogP) is -0.473. The van der Waals surface area contributed by atoms with Gasteiger partial charge in [0.2, 0.25) is 0 Å². The molecule has 0 bridgehead atoms. The van der Waals surface area contributed by atoms with Crippen LogP contribution in [0.3, 0.4) is 0 Å². The molecule has 1 rings (SSSR count). The molecular formula is C9H9NO5. The van der Waals surface area contributed by atoms with Gasteiger partial charge >= 0.3 is 11.9 Å². The second-order valence-electron chi connectivity index (χ2n) is 2.98. The molecule has 0 aromatic heterocycles. The van der Waals surface area contributed by atoms with Crippen molar-refractivity contribution in [1.82, 2.24) is 5.32 Å². The number of aldehydes is 1. The third-order valence-corrected chi connectivity index (χ3v) is 1.91. The van der Waals surface area contributed by atoms with Crippen LogP contribution in [-0.2, 0) is 14.4 Å². The highest BCUT2D eigenvalue weighted by molar-refractivity contribution is 5.89. The molecule has 0 amide bonds. The monoisotopic (exact) mass is 211 g/mol. The SMILES string of the molecule is O=C/C=C1\C=C(C(=O)O)N[C@H](C(=O)O)C1. The van der Waals surface area contributed by atoms with E-state index in [4.69, 9.17) is 10.2 Å². The Balaban J connectivity index is 2.99. The van der Waals surface area contributed by atoms with Crippen LogP contribution in [0, 0.1) is 0 Å². The highest BCUT2D eigenvalue weighted by atomic mass is 16.4. The lowest BCUT2D eigenvalue weighted by Gasteiger charge is -2.21. The van der Waals surface area contributed by atoms with Crippen molar-refractivity contribution < 1.29 is 24.6 Å². The summed E-state index contributed by atoms with van der Waals surface area (Å²) in [5, 5.41) is 19.8. The van der Waals surface area contributed by atoms with Gasteiger partial charge in [-0.05, 0) is 17.7 Å². The standard InChI is InChI=1S/C9H9NO5/c11-2-1-5-3-6(8(12)13)10-7(4-5)9(14)15/h1-3,7,10H,4H2,(H,12,13)(H,14,15)/b5-1+/t7-/m0/s1. The lowest BCUT2D eigenvalue weighted by molar-refractivity contribution is -0.139. The molecule has 0 saturated heterocycles. The van der Waals surface area contributed by atoms with E-state index < -0.39 is 18.0 Å². The van der Waals surface area contributed by atoms with Gasteiger partial charge in [0, 0.05) is 6.42 Å². The number of carboxylic acids is 2. The van der Waals surface area contributed by atoms with E-state index in [1.165, 1.54) is 6.08 Å². The third kappa shape index (κ3) is 2.67. The van der Waals surface area contributed by atoms with E-state index in [1.54, 1.807) is 0 Å². The molecule has 3 N–H and O–H groups in total. The normalized spacial score (nSPS) is 22.8. The minimum Gasteiger partial charge on any atom is -0.480 e. The molecule has 0 saturated carbocycles. The predicted molar refractivity (Wildman–Crippen MR) is 49.0 cm³/mol. The number of aliphatic carboxylic acids is 2. The zero-order valence-corrected chi connectivity index (χ0v) is 7.64. The fourth-order valence-electron chi connectivity index (χ4n) is 1.24. The van der Waals surface area contributed by atoms with E-state index >= 15 is 0 Å². The smallest absolute Gasteiger partial charge is 0.351 e. The summed E-state index contributed by atoms with van der Waals surface area (Å²) in [6.07, 6.45) is 2.98. The van der Waals surface area contributed by atoms with E-state index in [9.17, 15) is 14.4 Å². The van der Waals surface area contributed by atoms with Crippen LogP contribution in [0.2, 0.25) is 0 Å². The van der Waals surface area contributed by atoms with Gasteiger partial charge in [-0.3, -0.25) is 4.79 Å². The lowest BCUT2D eigenvalue weighted by atomic mass is 10.0. The highest BCUT2D eigenvalue weighted by Gasteiger charge is 2.26. The molecule has 1 atom stereocenters. The van der Waals surface area contributed by atoms with E-state index in [0.29, 0.717) is 11.9 Å². The molecule has 0 fully saturated rings. The molecule has 6 nitrogen and oxygen atoms in total. The molecule has 0 spiro atoms.